The molecule has 6 rings (SSSR count). The third-order valence-corrected chi connectivity index (χ3v) is 8.99. The molecule has 0 unspecified atom stereocenters. The summed E-state index contributed by atoms with van der Waals surface area (Å²) in [6, 6.07) is 29.3. The Bertz CT molecular complexity index is 1570. The van der Waals surface area contributed by atoms with Gasteiger partial charge in [-0.1, -0.05) is 79.7 Å². The summed E-state index contributed by atoms with van der Waals surface area (Å²) in [5.74, 6) is 0.280. The maximum atomic E-state index is 14.5. The van der Waals surface area contributed by atoms with Crippen molar-refractivity contribution in [2.24, 2.45) is 0 Å². The zero-order chi connectivity index (χ0) is 29.8. The van der Waals surface area contributed by atoms with Crippen LogP contribution < -0.4 is 15.4 Å². The van der Waals surface area contributed by atoms with Gasteiger partial charge < -0.3 is 20.5 Å². The number of benzene rings is 4. The number of halogens is 1. The van der Waals surface area contributed by atoms with E-state index in [1.807, 2.05) is 30.3 Å². The first-order valence-corrected chi connectivity index (χ1v) is 15.4. The maximum Gasteiger partial charge on any atom is 0.251 e. The van der Waals surface area contributed by atoms with Gasteiger partial charge in [-0.2, -0.15) is 0 Å². The number of aliphatic hydroxyl groups is 1. The summed E-state index contributed by atoms with van der Waals surface area (Å²) in [5.41, 5.74) is 4.76. The molecule has 43 heavy (non-hydrogen) atoms. The topological polar surface area (TPSA) is 70.6 Å². The van der Waals surface area contributed by atoms with Crippen LogP contribution in [0.25, 0.3) is 11.1 Å². The van der Waals surface area contributed by atoms with Crippen molar-refractivity contribution in [2.75, 3.05) is 6.54 Å². The van der Waals surface area contributed by atoms with Crippen molar-refractivity contribution < 1.29 is 19.0 Å². The Kier molecular flexibility index (Phi) is 8.59. The monoisotopic (exact) mass is 578 g/mol. The van der Waals surface area contributed by atoms with Gasteiger partial charge in [0.1, 0.15) is 17.2 Å². The summed E-state index contributed by atoms with van der Waals surface area (Å²) >= 11 is 0. The van der Waals surface area contributed by atoms with Crippen molar-refractivity contribution in [1.29, 1.82) is 0 Å². The Hall–Kier alpha value is -4.00. The number of hydrogen-bond acceptors (Lipinski definition) is 4. The van der Waals surface area contributed by atoms with Crippen LogP contribution in [0, 0.1) is 5.82 Å². The molecule has 4 aromatic carbocycles. The Balaban J connectivity index is 1.20. The number of aryl methyl sites for hydroxylation is 1. The third-order valence-electron chi connectivity index (χ3n) is 8.99. The van der Waals surface area contributed by atoms with E-state index in [2.05, 4.69) is 35.8 Å². The Morgan fingerprint density at radius 2 is 1.77 bits per heavy atom. The zero-order valence-electron chi connectivity index (χ0n) is 24.6. The number of amides is 1. The van der Waals surface area contributed by atoms with Crippen molar-refractivity contribution in [2.45, 2.75) is 69.2 Å². The molecule has 1 aliphatic heterocycles. The van der Waals surface area contributed by atoms with Crippen molar-refractivity contribution in [3.63, 3.8) is 0 Å². The van der Waals surface area contributed by atoms with Crippen LogP contribution in [0.1, 0.15) is 65.7 Å². The lowest BCUT2D eigenvalue weighted by Gasteiger charge is -2.48. The number of ether oxygens (including phenoxy) is 1. The minimum atomic E-state index is -0.850. The van der Waals surface area contributed by atoms with Gasteiger partial charge in [0.2, 0.25) is 0 Å². The van der Waals surface area contributed by atoms with E-state index in [0.717, 1.165) is 42.6 Å². The second-order valence-electron chi connectivity index (χ2n) is 11.9. The van der Waals surface area contributed by atoms with Gasteiger partial charge >= 0.3 is 0 Å². The fourth-order valence-corrected chi connectivity index (χ4v) is 6.33. The van der Waals surface area contributed by atoms with Gasteiger partial charge in [-0.15, -0.1) is 0 Å². The van der Waals surface area contributed by atoms with Gasteiger partial charge in [-0.3, -0.25) is 4.79 Å². The lowest BCUT2D eigenvalue weighted by molar-refractivity contribution is -0.0382. The number of fused-ring (bicyclic) bond motifs is 1. The molecule has 0 aromatic heterocycles. The van der Waals surface area contributed by atoms with E-state index in [0.29, 0.717) is 29.7 Å². The van der Waals surface area contributed by atoms with Gasteiger partial charge in [-0.25, -0.2) is 4.39 Å². The number of aliphatic hydroxyl groups excluding tert-OH is 1. The fourth-order valence-electron chi connectivity index (χ4n) is 6.33. The van der Waals surface area contributed by atoms with Crippen molar-refractivity contribution in [1.82, 2.24) is 10.6 Å². The predicted octanol–water partition coefficient (Wildman–Crippen LogP) is 6.79. The molecule has 4 aromatic rings. The zero-order valence-corrected chi connectivity index (χ0v) is 24.6. The normalized spacial score (nSPS) is 18.2. The summed E-state index contributed by atoms with van der Waals surface area (Å²) < 4.78 is 21.0. The van der Waals surface area contributed by atoms with Gasteiger partial charge in [0.15, 0.2) is 0 Å². The first-order chi connectivity index (χ1) is 20.9. The van der Waals surface area contributed by atoms with Crippen LogP contribution in [0.4, 0.5) is 4.39 Å². The highest BCUT2D eigenvalue weighted by molar-refractivity contribution is 5.95. The van der Waals surface area contributed by atoms with Crippen molar-refractivity contribution in [3.05, 3.63) is 125 Å². The van der Waals surface area contributed by atoms with E-state index < -0.39 is 12.1 Å². The average molecular weight is 579 g/mol. The van der Waals surface area contributed by atoms with Crippen LogP contribution in [0.2, 0.25) is 0 Å². The molecule has 1 heterocycles. The van der Waals surface area contributed by atoms with Crippen LogP contribution in [0.3, 0.4) is 0 Å². The lowest BCUT2D eigenvalue weighted by atomic mass is 9.72. The SMILES string of the molecule is CCc1ccc2c(c1)[C@@H](NC[C@@H](O)[C@H](Cc1ccccc1)NC(=O)c1cccc(-c3ccccc3F)c1)CC1(CCC1)O2. The number of carbonyl (C=O) groups excluding carboxylic acids is 1. The molecule has 1 amide bonds. The van der Waals surface area contributed by atoms with Crippen LogP contribution in [0.5, 0.6) is 5.75 Å². The van der Waals surface area contributed by atoms with Crippen molar-refractivity contribution >= 4 is 5.91 Å². The second-order valence-corrected chi connectivity index (χ2v) is 11.9. The minimum Gasteiger partial charge on any atom is -0.487 e. The molecule has 6 heteroatoms. The van der Waals surface area contributed by atoms with Crippen LogP contribution in [0.15, 0.2) is 97.1 Å². The number of hydrogen-bond donors (Lipinski definition) is 3. The molecule has 1 fully saturated rings. The molecule has 5 nitrogen and oxygen atoms in total. The average Bonchev–Trinajstić information content (AvgIpc) is 3.02. The summed E-state index contributed by atoms with van der Waals surface area (Å²) in [5, 5.41) is 18.3. The summed E-state index contributed by atoms with van der Waals surface area (Å²) in [6.07, 6.45) is 4.67. The van der Waals surface area contributed by atoms with E-state index in [4.69, 9.17) is 4.74 Å². The molecule has 1 aliphatic carbocycles. The highest BCUT2D eigenvalue weighted by Gasteiger charge is 2.45. The smallest absolute Gasteiger partial charge is 0.251 e. The van der Waals surface area contributed by atoms with Gasteiger partial charge in [-0.05, 0) is 73.1 Å². The minimum absolute atomic E-state index is 0.0516. The van der Waals surface area contributed by atoms with Gasteiger partial charge in [0, 0.05) is 35.7 Å². The molecule has 0 bridgehead atoms. The first-order valence-electron chi connectivity index (χ1n) is 15.4. The molecular formula is C37H39FN2O3. The summed E-state index contributed by atoms with van der Waals surface area (Å²) in [4.78, 5) is 13.5. The van der Waals surface area contributed by atoms with Crippen LogP contribution in [-0.4, -0.2) is 35.3 Å². The van der Waals surface area contributed by atoms with E-state index in [-0.39, 0.29) is 23.4 Å². The molecule has 1 spiro atoms. The molecule has 0 radical (unpaired) electrons. The highest BCUT2D eigenvalue weighted by atomic mass is 19.1. The predicted molar refractivity (Wildman–Crippen MR) is 168 cm³/mol. The molecule has 3 atom stereocenters. The van der Waals surface area contributed by atoms with Crippen LogP contribution >= 0.6 is 0 Å². The van der Waals surface area contributed by atoms with Gasteiger partial charge in [0.25, 0.3) is 5.91 Å². The molecule has 222 valence electrons. The summed E-state index contributed by atoms with van der Waals surface area (Å²) in [6.45, 7) is 2.46. The molecule has 1 saturated carbocycles. The van der Waals surface area contributed by atoms with E-state index in [9.17, 15) is 14.3 Å². The highest BCUT2D eigenvalue weighted by Crippen LogP contribution is 2.49. The second kappa shape index (κ2) is 12.7. The Labute approximate surface area is 253 Å². The first kappa shape index (κ1) is 29.1. The molecule has 0 saturated heterocycles. The van der Waals surface area contributed by atoms with Crippen LogP contribution in [-0.2, 0) is 12.8 Å². The molecular weight excluding hydrogens is 539 g/mol. The fraction of sp³-hybridized carbons (Fsp3) is 0.324. The molecule has 3 N–H and O–H groups in total. The number of carbonyl (C=O) groups is 1. The molecule has 2 aliphatic rings. The van der Waals surface area contributed by atoms with E-state index >= 15 is 0 Å². The Morgan fingerprint density at radius 1 is 0.977 bits per heavy atom. The van der Waals surface area contributed by atoms with Crippen molar-refractivity contribution in [3.8, 4) is 16.9 Å². The quantitative estimate of drug-likeness (QED) is 0.194. The van der Waals surface area contributed by atoms with Gasteiger partial charge in [0.05, 0.1) is 12.1 Å². The van der Waals surface area contributed by atoms with E-state index in [1.54, 1.807) is 42.5 Å². The maximum absolute atomic E-state index is 14.5. The van der Waals surface area contributed by atoms with E-state index in [1.165, 1.54) is 18.1 Å². The summed E-state index contributed by atoms with van der Waals surface area (Å²) in [7, 11) is 0. The standard InChI is InChI=1S/C37H39FN2O3/c1-2-25-16-17-35-30(20-25)33(23-37(43-35)18-9-19-37)39-24-34(41)32(21-26-10-4-3-5-11-26)40-36(42)28-13-8-12-27(22-28)29-14-6-7-15-31(29)38/h3-8,10-17,20,22,32-34,39,41H,2,9,18-19,21,23-24H2,1H3,(H,40,42)/t32-,33-,34+/m0/s1. The Morgan fingerprint density at radius 3 is 2.51 bits per heavy atom. The largest absolute Gasteiger partial charge is 0.487 e. The number of rotatable bonds is 10. The number of nitrogens with one attached hydrogen (secondary N) is 2. The lowest BCUT2D eigenvalue weighted by Crippen LogP contribution is -2.52. The third kappa shape index (κ3) is 6.51.